The summed E-state index contributed by atoms with van der Waals surface area (Å²) in [7, 11) is 0. The number of hydrogen-bond donors (Lipinski definition) is 3. The first-order chi connectivity index (χ1) is 17.6. The molecule has 3 amide bonds. The Labute approximate surface area is 214 Å². The summed E-state index contributed by atoms with van der Waals surface area (Å²) in [6, 6.07) is 5.73. The molecule has 3 N–H and O–H groups in total. The molecule has 202 valence electrons. The van der Waals surface area contributed by atoms with Crippen molar-refractivity contribution in [3.05, 3.63) is 29.3 Å². The van der Waals surface area contributed by atoms with E-state index in [9.17, 15) is 14.4 Å². The summed E-state index contributed by atoms with van der Waals surface area (Å²) in [4.78, 5) is 37.2. The summed E-state index contributed by atoms with van der Waals surface area (Å²) in [6.07, 6.45) is 3.75. The second-order valence-corrected chi connectivity index (χ2v) is 8.71. The maximum Gasteiger partial charge on any atom is 0.254 e. The summed E-state index contributed by atoms with van der Waals surface area (Å²) in [5, 5.41) is 8.79. The van der Waals surface area contributed by atoms with Crippen LogP contribution in [0.25, 0.3) is 0 Å². The molecule has 36 heavy (non-hydrogen) atoms. The van der Waals surface area contributed by atoms with Crippen LogP contribution in [-0.4, -0.2) is 88.4 Å². The molecule has 2 rings (SSSR count). The highest BCUT2D eigenvalue weighted by Gasteiger charge is 2.32. The van der Waals surface area contributed by atoms with Crippen molar-refractivity contribution in [1.29, 1.82) is 0 Å². The van der Waals surface area contributed by atoms with Crippen molar-refractivity contribution in [2.24, 2.45) is 0 Å². The van der Waals surface area contributed by atoms with Gasteiger partial charge in [0.25, 0.3) is 5.91 Å². The first-order valence-electron chi connectivity index (χ1n) is 12.9. The lowest BCUT2D eigenvalue weighted by Gasteiger charge is -2.23. The molecule has 1 aliphatic heterocycles. The molecular weight excluding hydrogens is 464 g/mol. The molecule has 1 aromatic rings. The fourth-order valence-corrected chi connectivity index (χ4v) is 3.99. The van der Waals surface area contributed by atoms with E-state index in [1.165, 1.54) is 0 Å². The lowest BCUT2D eigenvalue weighted by molar-refractivity contribution is -0.116. The van der Waals surface area contributed by atoms with E-state index in [-0.39, 0.29) is 17.9 Å². The lowest BCUT2D eigenvalue weighted by Crippen LogP contribution is -2.33. The Morgan fingerprint density at radius 2 is 1.75 bits per heavy atom. The van der Waals surface area contributed by atoms with Crippen LogP contribution in [0.4, 0.5) is 5.69 Å². The fraction of sp³-hybridized carbons (Fsp3) is 0.654. The van der Waals surface area contributed by atoms with Gasteiger partial charge in [0.2, 0.25) is 12.3 Å². The molecule has 0 bridgehead atoms. The number of carbonyl (C=O) groups excluding carboxylic acids is 3. The van der Waals surface area contributed by atoms with E-state index in [2.05, 4.69) is 29.8 Å². The molecule has 0 aliphatic carbocycles. The minimum Gasteiger partial charge on any atom is -0.378 e. The number of nitrogens with zero attached hydrogens (tertiary/aromatic N) is 1. The average molecular weight is 507 g/mol. The summed E-state index contributed by atoms with van der Waals surface area (Å²) < 4.78 is 16.2. The Kier molecular flexibility index (Phi) is 14.7. The SMILES string of the molecule is CCCC(C)N1Cc2c(NC(=O)CCCNCCOCCOCCOCCNC=O)cccc2C1=O. The van der Waals surface area contributed by atoms with Gasteiger partial charge >= 0.3 is 0 Å². The third kappa shape index (κ3) is 10.6. The van der Waals surface area contributed by atoms with Gasteiger partial charge in [-0.05, 0) is 38.4 Å². The molecule has 0 radical (unpaired) electrons. The van der Waals surface area contributed by atoms with Crippen molar-refractivity contribution in [1.82, 2.24) is 15.5 Å². The number of anilines is 1. The molecule has 1 aliphatic rings. The smallest absolute Gasteiger partial charge is 0.254 e. The van der Waals surface area contributed by atoms with Gasteiger partial charge in [-0.25, -0.2) is 0 Å². The van der Waals surface area contributed by atoms with E-state index < -0.39 is 0 Å². The van der Waals surface area contributed by atoms with E-state index in [1.54, 1.807) is 0 Å². The molecule has 0 fully saturated rings. The molecule has 10 nitrogen and oxygen atoms in total. The van der Waals surface area contributed by atoms with Crippen LogP contribution in [0.15, 0.2) is 18.2 Å². The molecule has 0 saturated heterocycles. The molecule has 1 heterocycles. The molecule has 1 unspecified atom stereocenters. The van der Waals surface area contributed by atoms with Crippen LogP contribution >= 0.6 is 0 Å². The third-order valence-corrected chi connectivity index (χ3v) is 5.91. The second kappa shape index (κ2) is 17.8. The Morgan fingerprint density at radius 3 is 2.44 bits per heavy atom. The van der Waals surface area contributed by atoms with Crippen LogP contribution in [0, 0.1) is 0 Å². The van der Waals surface area contributed by atoms with Gasteiger partial charge in [0.15, 0.2) is 0 Å². The number of nitrogens with one attached hydrogen (secondary N) is 3. The van der Waals surface area contributed by atoms with Crippen LogP contribution in [0.3, 0.4) is 0 Å². The maximum atomic E-state index is 12.8. The van der Waals surface area contributed by atoms with Gasteiger partial charge in [0, 0.05) is 48.9 Å². The Morgan fingerprint density at radius 1 is 1.06 bits per heavy atom. The number of amides is 3. The minimum atomic E-state index is -0.0462. The van der Waals surface area contributed by atoms with Crippen LogP contribution in [0.2, 0.25) is 0 Å². The minimum absolute atomic E-state index is 0.0462. The van der Waals surface area contributed by atoms with Gasteiger partial charge in [-0.15, -0.1) is 0 Å². The topological polar surface area (TPSA) is 118 Å². The molecule has 0 aromatic heterocycles. The second-order valence-electron chi connectivity index (χ2n) is 8.71. The van der Waals surface area contributed by atoms with Crippen molar-refractivity contribution < 1.29 is 28.6 Å². The molecule has 0 spiro atoms. The predicted molar refractivity (Wildman–Crippen MR) is 138 cm³/mol. The molecule has 1 aromatic carbocycles. The van der Waals surface area contributed by atoms with Crippen LogP contribution < -0.4 is 16.0 Å². The summed E-state index contributed by atoms with van der Waals surface area (Å²) in [6.45, 7) is 9.69. The van der Waals surface area contributed by atoms with Crippen molar-refractivity contribution in [2.45, 2.75) is 52.1 Å². The van der Waals surface area contributed by atoms with E-state index in [4.69, 9.17) is 14.2 Å². The highest BCUT2D eigenvalue weighted by atomic mass is 16.5. The number of benzene rings is 1. The largest absolute Gasteiger partial charge is 0.378 e. The van der Waals surface area contributed by atoms with E-state index >= 15 is 0 Å². The number of hydrogen-bond acceptors (Lipinski definition) is 7. The van der Waals surface area contributed by atoms with Gasteiger partial charge in [-0.2, -0.15) is 0 Å². The molecule has 1 atom stereocenters. The first kappa shape index (κ1) is 29.7. The number of ether oxygens (including phenoxy) is 3. The zero-order valence-corrected chi connectivity index (χ0v) is 21.7. The Bertz CT molecular complexity index is 807. The molecule has 10 heteroatoms. The van der Waals surface area contributed by atoms with Crippen molar-refractivity contribution in [2.75, 3.05) is 64.6 Å². The Balaban J connectivity index is 1.50. The molecular formula is C26H42N4O6. The first-order valence-corrected chi connectivity index (χ1v) is 12.9. The van der Waals surface area contributed by atoms with Gasteiger partial charge in [-0.3, -0.25) is 14.4 Å². The quantitative estimate of drug-likeness (QED) is 0.172. The van der Waals surface area contributed by atoms with Gasteiger partial charge in [0.1, 0.15) is 0 Å². The monoisotopic (exact) mass is 506 g/mol. The van der Waals surface area contributed by atoms with Crippen LogP contribution in [-0.2, 0) is 30.3 Å². The van der Waals surface area contributed by atoms with Crippen molar-refractivity contribution in [3.63, 3.8) is 0 Å². The third-order valence-electron chi connectivity index (χ3n) is 5.91. The zero-order chi connectivity index (χ0) is 26.0. The van der Waals surface area contributed by atoms with Crippen LogP contribution in [0.1, 0.15) is 55.5 Å². The van der Waals surface area contributed by atoms with Gasteiger partial charge in [0.05, 0.1) is 39.6 Å². The van der Waals surface area contributed by atoms with E-state index in [1.807, 2.05) is 23.1 Å². The van der Waals surface area contributed by atoms with Crippen LogP contribution in [0.5, 0.6) is 0 Å². The van der Waals surface area contributed by atoms with Gasteiger partial charge < -0.3 is 35.1 Å². The van der Waals surface area contributed by atoms with Crippen molar-refractivity contribution in [3.8, 4) is 0 Å². The summed E-state index contributed by atoms with van der Waals surface area (Å²) in [5.74, 6) is 0.00399. The zero-order valence-electron chi connectivity index (χ0n) is 21.7. The summed E-state index contributed by atoms with van der Waals surface area (Å²) >= 11 is 0. The average Bonchev–Trinajstić information content (AvgIpc) is 3.21. The number of rotatable bonds is 21. The highest BCUT2D eigenvalue weighted by molar-refractivity contribution is 6.02. The fourth-order valence-electron chi connectivity index (χ4n) is 3.99. The molecule has 0 saturated carbocycles. The predicted octanol–water partition coefficient (Wildman–Crippen LogP) is 1.94. The van der Waals surface area contributed by atoms with Gasteiger partial charge in [-0.1, -0.05) is 19.4 Å². The highest BCUT2D eigenvalue weighted by Crippen LogP contribution is 2.31. The number of carbonyl (C=O) groups is 3. The lowest BCUT2D eigenvalue weighted by atomic mass is 10.1. The summed E-state index contributed by atoms with van der Waals surface area (Å²) in [5.41, 5.74) is 2.35. The Hall–Kier alpha value is -2.53. The standard InChI is InChI=1S/C26H42N4O6/c1-3-6-21(2)30-19-23-22(26(30)33)7-4-8-24(23)29-25(32)9-5-10-27-11-13-34-15-17-36-18-16-35-14-12-28-20-31/h4,7-8,20-21,27H,3,5-6,9-19H2,1-2H3,(H,28,31)(H,29,32). The number of fused-ring (bicyclic) bond motifs is 1. The normalized spacial score (nSPS) is 13.5. The van der Waals surface area contributed by atoms with E-state index in [0.717, 1.165) is 30.6 Å². The van der Waals surface area contributed by atoms with Crippen molar-refractivity contribution >= 4 is 23.9 Å². The maximum absolute atomic E-state index is 12.8. The van der Waals surface area contributed by atoms with E-state index in [0.29, 0.717) is 84.1 Å².